The zero-order valence-corrected chi connectivity index (χ0v) is 14.1. The number of benzene rings is 4. The lowest BCUT2D eigenvalue weighted by atomic mass is 9.88. The van der Waals surface area contributed by atoms with E-state index in [4.69, 9.17) is 4.74 Å². The largest absolute Gasteiger partial charge is 0.477 e. The molecule has 0 bridgehead atoms. The maximum absolute atomic E-state index is 6.64. The molecule has 25 heavy (non-hydrogen) atoms. The second kappa shape index (κ2) is 5.22. The molecule has 0 aliphatic carbocycles. The van der Waals surface area contributed by atoms with Crippen LogP contribution in [0.25, 0.3) is 27.6 Å². The van der Waals surface area contributed by atoms with Gasteiger partial charge in [-0.15, -0.1) is 0 Å². The Morgan fingerprint density at radius 1 is 0.640 bits per heavy atom. The van der Waals surface area contributed by atoms with Crippen molar-refractivity contribution in [3.8, 4) is 5.75 Å². The van der Waals surface area contributed by atoms with Crippen LogP contribution in [-0.2, 0) is 5.60 Å². The van der Waals surface area contributed by atoms with E-state index in [9.17, 15) is 0 Å². The fraction of sp³-hybridized carbons (Fsp3) is 0.0833. The van der Waals surface area contributed by atoms with Gasteiger partial charge in [0.15, 0.2) is 0 Å². The van der Waals surface area contributed by atoms with Gasteiger partial charge in [0.25, 0.3) is 0 Å². The van der Waals surface area contributed by atoms with Crippen molar-refractivity contribution in [2.45, 2.75) is 12.5 Å². The van der Waals surface area contributed by atoms with Crippen LogP contribution in [0.1, 0.15) is 18.1 Å². The van der Waals surface area contributed by atoms with E-state index in [1.807, 2.05) is 6.07 Å². The molecule has 0 saturated heterocycles. The lowest BCUT2D eigenvalue weighted by molar-refractivity contribution is 0.141. The van der Waals surface area contributed by atoms with Crippen molar-refractivity contribution in [2.24, 2.45) is 0 Å². The van der Waals surface area contributed by atoms with Crippen molar-refractivity contribution in [1.29, 1.82) is 0 Å². The smallest absolute Gasteiger partial charge is 0.150 e. The Labute approximate surface area is 147 Å². The lowest BCUT2D eigenvalue weighted by Gasteiger charge is -2.33. The molecule has 5 rings (SSSR count). The number of ether oxygens (including phenoxy) is 1. The zero-order valence-electron chi connectivity index (χ0n) is 14.1. The predicted molar refractivity (Wildman–Crippen MR) is 105 cm³/mol. The SMILES string of the molecule is C[C@@]1(c2ccccc2)C=Cc2c(c3ccccc3c3ccccc23)O1. The van der Waals surface area contributed by atoms with Gasteiger partial charge in [-0.25, -0.2) is 0 Å². The summed E-state index contributed by atoms with van der Waals surface area (Å²) in [5, 5.41) is 4.92. The van der Waals surface area contributed by atoms with Gasteiger partial charge in [0.2, 0.25) is 0 Å². The molecule has 4 aromatic rings. The highest BCUT2D eigenvalue weighted by Gasteiger charge is 2.31. The standard InChI is InChI=1S/C24H18O/c1-24(17-9-3-2-4-10-17)16-15-22-20-13-6-5-11-18(20)19-12-7-8-14-21(19)23(22)25-24/h2-16H,1H3/t24-/m0/s1. The molecule has 1 heterocycles. The second-order valence-electron chi connectivity index (χ2n) is 6.74. The van der Waals surface area contributed by atoms with Crippen molar-refractivity contribution in [1.82, 2.24) is 0 Å². The van der Waals surface area contributed by atoms with E-state index in [0.29, 0.717) is 0 Å². The molecule has 0 radical (unpaired) electrons. The Bertz CT molecular complexity index is 1120. The van der Waals surface area contributed by atoms with E-state index >= 15 is 0 Å². The molecule has 0 saturated carbocycles. The third kappa shape index (κ3) is 2.09. The number of rotatable bonds is 1. The Balaban J connectivity index is 1.83. The minimum Gasteiger partial charge on any atom is -0.477 e. The summed E-state index contributed by atoms with van der Waals surface area (Å²) in [6, 6.07) is 27.5. The highest BCUT2D eigenvalue weighted by atomic mass is 16.5. The van der Waals surface area contributed by atoms with Crippen molar-refractivity contribution in [3.05, 3.63) is 96.1 Å². The van der Waals surface area contributed by atoms with Gasteiger partial charge < -0.3 is 4.74 Å². The molecule has 1 nitrogen and oxygen atoms in total. The molecule has 120 valence electrons. The summed E-state index contributed by atoms with van der Waals surface area (Å²) in [4.78, 5) is 0. The van der Waals surface area contributed by atoms with Crippen LogP contribution >= 0.6 is 0 Å². The normalized spacial score (nSPS) is 18.9. The summed E-state index contributed by atoms with van der Waals surface area (Å²) in [5.41, 5.74) is 1.87. The monoisotopic (exact) mass is 322 g/mol. The molecule has 0 amide bonds. The minimum atomic E-state index is -0.459. The number of hydrogen-bond donors (Lipinski definition) is 0. The van der Waals surface area contributed by atoms with Gasteiger partial charge >= 0.3 is 0 Å². The molecular weight excluding hydrogens is 304 g/mol. The van der Waals surface area contributed by atoms with Crippen molar-refractivity contribution < 1.29 is 4.74 Å². The van der Waals surface area contributed by atoms with Gasteiger partial charge in [-0.2, -0.15) is 0 Å². The van der Waals surface area contributed by atoms with Gasteiger partial charge in [0, 0.05) is 10.9 Å². The Morgan fingerprint density at radius 3 is 1.92 bits per heavy atom. The van der Waals surface area contributed by atoms with Gasteiger partial charge in [0.05, 0.1) is 0 Å². The van der Waals surface area contributed by atoms with Crippen molar-refractivity contribution in [3.63, 3.8) is 0 Å². The maximum Gasteiger partial charge on any atom is 0.150 e. The summed E-state index contributed by atoms with van der Waals surface area (Å²) >= 11 is 0. The molecule has 1 atom stereocenters. The molecular formula is C24H18O. The van der Waals surface area contributed by atoms with Crippen LogP contribution in [0, 0.1) is 0 Å². The molecule has 0 spiro atoms. The van der Waals surface area contributed by atoms with Crippen LogP contribution in [0.5, 0.6) is 5.75 Å². The van der Waals surface area contributed by atoms with E-state index in [1.165, 1.54) is 27.1 Å². The van der Waals surface area contributed by atoms with Crippen molar-refractivity contribution in [2.75, 3.05) is 0 Å². The predicted octanol–water partition coefficient (Wildman–Crippen LogP) is 6.31. The fourth-order valence-electron chi connectivity index (χ4n) is 3.82. The van der Waals surface area contributed by atoms with E-state index in [2.05, 4.69) is 91.9 Å². The van der Waals surface area contributed by atoms with Crippen LogP contribution in [-0.4, -0.2) is 0 Å². The average molecular weight is 322 g/mol. The summed E-state index contributed by atoms with van der Waals surface area (Å²) in [7, 11) is 0. The van der Waals surface area contributed by atoms with Crippen LogP contribution in [0.15, 0.2) is 84.9 Å². The summed E-state index contributed by atoms with van der Waals surface area (Å²) in [6.07, 6.45) is 4.40. The molecule has 0 fully saturated rings. The Morgan fingerprint density at radius 2 is 1.20 bits per heavy atom. The first-order valence-corrected chi connectivity index (χ1v) is 8.63. The van der Waals surface area contributed by atoms with E-state index in [-0.39, 0.29) is 0 Å². The molecule has 1 aliphatic heterocycles. The second-order valence-corrected chi connectivity index (χ2v) is 6.74. The highest BCUT2D eigenvalue weighted by Crippen LogP contribution is 2.45. The Hall–Kier alpha value is -3.06. The first-order chi connectivity index (χ1) is 12.3. The van der Waals surface area contributed by atoms with E-state index in [1.54, 1.807) is 0 Å². The molecule has 1 heteroatoms. The molecule has 1 aliphatic rings. The lowest BCUT2D eigenvalue weighted by Crippen LogP contribution is -2.29. The maximum atomic E-state index is 6.64. The first kappa shape index (κ1) is 14.3. The topological polar surface area (TPSA) is 9.23 Å². The van der Waals surface area contributed by atoms with Gasteiger partial charge in [0.1, 0.15) is 11.4 Å². The zero-order chi connectivity index (χ0) is 16.9. The van der Waals surface area contributed by atoms with E-state index in [0.717, 1.165) is 11.3 Å². The van der Waals surface area contributed by atoms with Crippen LogP contribution in [0.3, 0.4) is 0 Å². The summed E-state index contributed by atoms with van der Waals surface area (Å²) in [5.74, 6) is 0.975. The fourth-order valence-corrected chi connectivity index (χ4v) is 3.82. The van der Waals surface area contributed by atoms with Crippen LogP contribution < -0.4 is 4.74 Å². The first-order valence-electron chi connectivity index (χ1n) is 8.63. The highest BCUT2D eigenvalue weighted by molar-refractivity contribution is 6.14. The molecule has 4 aromatic carbocycles. The van der Waals surface area contributed by atoms with E-state index < -0.39 is 5.60 Å². The van der Waals surface area contributed by atoms with Crippen LogP contribution in [0.4, 0.5) is 0 Å². The third-order valence-corrected chi connectivity index (χ3v) is 5.15. The minimum absolute atomic E-state index is 0.459. The molecule has 0 N–H and O–H groups in total. The van der Waals surface area contributed by atoms with Crippen molar-refractivity contribution >= 4 is 27.6 Å². The number of fused-ring (bicyclic) bond motifs is 6. The molecule has 0 unspecified atom stereocenters. The van der Waals surface area contributed by atoms with Crippen LogP contribution in [0.2, 0.25) is 0 Å². The summed E-state index contributed by atoms with van der Waals surface area (Å²) < 4.78 is 6.64. The van der Waals surface area contributed by atoms with Gasteiger partial charge in [-0.1, -0.05) is 84.9 Å². The molecule has 0 aromatic heterocycles. The summed E-state index contributed by atoms with van der Waals surface area (Å²) in [6.45, 7) is 2.13. The van der Waals surface area contributed by atoms with Gasteiger partial charge in [-0.3, -0.25) is 0 Å². The Kier molecular flexibility index (Phi) is 2.98. The quantitative estimate of drug-likeness (QED) is 0.373. The van der Waals surface area contributed by atoms with Gasteiger partial charge in [-0.05, 0) is 34.7 Å². The number of hydrogen-bond acceptors (Lipinski definition) is 1. The third-order valence-electron chi connectivity index (χ3n) is 5.15. The average Bonchev–Trinajstić information content (AvgIpc) is 2.69.